The first-order chi connectivity index (χ1) is 28.0. The molecule has 1 fully saturated rings. The Labute approximate surface area is 349 Å². The van der Waals surface area contributed by atoms with E-state index in [9.17, 15) is 14.4 Å². The molecule has 0 unspecified atom stereocenters. The Bertz CT molecular complexity index is 2350. The van der Waals surface area contributed by atoms with Crippen LogP contribution in [0, 0.1) is 0 Å². The van der Waals surface area contributed by atoms with Gasteiger partial charge in [0, 0.05) is 47.5 Å². The number of Topliss-reactive ketones (excluding diaryl/α,β-unsaturated/α-hetero) is 1. The molecule has 8 rings (SSSR count). The van der Waals surface area contributed by atoms with Crippen LogP contribution in [-0.4, -0.2) is 71.2 Å². The zero-order valence-electron chi connectivity index (χ0n) is 34.1. The molecule has 58 heavy (non-hydrogen) atoms. The topological polar surface area (TPSA) is 143 Å². The third-order valence-electron chi connectivity index (χ3n) is 12.0. The minimum Gasteiger partial charge on any atom is -0.680 e. The molecule has 1 spiro atoms. The van der Waals surface area contributed by atoms with Crippen LogP contribution in [0.15, 0.2) is 96.7 Å². The number of benzene rings is 4. The van der Waals surface area contributed by atoms with Crippen molar-refractivity contribution in [2.75, 3.05) is 38.1 Å². The molecule has 10 nitrogen and oxygen atoms in total. The summed E-state index contributed by atoms with van der Waals surface area (Å²) in [6, 6.07) is 25.1. The SMILES string of the molecule is CC1(C)C2=[N+](CCC(=O)NCC3(SS3)C(=O)[C@H](CCCCN)NNC(=O)CCN3/C(=C/C=C/2)C(C)(C)c2c3ccc3ccccc23)c2ccc3ccccc3c21.C[NH-]. The molecule has 304 valence electrons. The van der Waals surface area contributed by atoms with E-state index in [0.29, 0.717) is 26.1 Å². The number of hydrazine groups is 1. The number of nitrogens with one attached hydrogen (secondary N) is 4. The van der Waals surface area contributed by atoms with Gasteiger partial charge in [0.2, 0.25) is 17.5 Å². The molecule has 0 saturated carbocycles. The van der Waals surface area contributed by atoms with E-state index in [1.54, 1.807) is 0 Å². The maximum atomic E-state index is 14.1. The van der Waals surface area contributed by atoms with E-state index in [2.05, 4.69) is 144 Å². The first-order valence-corrected chi connectivity index (χ1v) is 22.4. The normalized spacial score (nSPS) is 22.7. The molecule has 4 aromatic rings. The van der Waals surface area contributed by atoms with Crippen molar-refractivity contribution in [3.8, 4) is 0 Å². The fraction of sp³-hybridized carbons (Fsp3) is 0.391. The van der Waals surface area contributed by atoms with Gasteiger partial charge >= 0.3 is 0 Å². The highest BCUT2D eigenvalue weighted by Crippen LogP contribution is 2.65. The molecule has 4 aliphatic rings. The standard InChI is InChI=1S/C45H50N6O3S2.CH4N/c1-43(2)36-17-11-18-37-44(3,4)41-32-15-8-6-13-30(32)20-22-35(41)51(37)27-24-39(53)49-48-33(16-9-10-25-46)42(54)45(55-56-45)28-47-38(52)23-26-50(36)34-21-19-29-12-5-7-14-31(29)40(34)43;1-2/h5-8,11-15,17-22,33,48H,9-10,16,23-28,46H2,1-4H3,(H-,47,49,52,53);2H,1H3/q;-1/p+1/t33-;/m0./s1. The zero-order valence-corrected chi connectivity index (χ0v) is 35.7. The van der Waals surface area contributed by atoms with Gasteiger partial charge in [-0.25, -0.2) is 5.43 Å². The van der Waals surface area contributed by atoms with Crippen molar-refractivity contribution < 1.29 is 19.0 Å². The van der Waals surface area contributed by atoms with Crippen molar-refractivity contribution >= 4 is 77.8 Å². The van der Waals surface area contributed by atoms with Crippen molar-refractivity contribution in [2.45, 2.75) is 80.7 Å². The number of ketones is 1. The predicted molar refractivity (Wildman–Crippen MR) is 242 cm³/mol. The first kappa shape index (κ1) is 41.7. The highest BCUT2D eigenvalue weighted by Gasteiger charge is 2.55. The van der Waals surface area contributed by atoms with Crippen LogP contribution in [-0.2, 0) is 25.2 Å². The summed E-state index contributed by atoms with van der Waals surface area (Å²) in [7, 11) is 4.20. The number of anilines is 1. The van der Waals surface area contributed by atoms with Gasteiger partial charge in [0.15, 0.2) is 22.1 Å². The number of amides is 2. The fourth-order valence-corrected chi connectivity index (χ4v) is 11.0. The quantitative estimate of drug-likeness (QED) is 0.0704. The summed E-state index contributed by atoms with van der Waals surface area (Å²) in [4.78, 5) is 43.5. The van der Waals surface area contributed by atoms with Crippen LogP contribution < -0.4 is 26.8 Å². The fourth-order valence-electron chi connectivity index (χ4n) is 9.05. The lowest BCUT2D eigenvalue weighted by molar-refractivity contribution is -0.436. The van der Waals surface area contributed by atoms with Crippen LogP contribution >= 0.6 is 21.6 Å². The average Bonchev–Trinajstić information content (AvgIpc) is 3.94. The van der Waals surface area contributed by atoms with Gasteiger partial charge in [0.25, 0.3) is 0 Å². The van der Waals surface area contributed by atoms with Gasteiger partial charge < -0.3 is 21.7 Å². The number of nitrogens with two attached hydrogens (primary N) is 1. The van der Waals surface area contributed by atoms with Crippen molar-refractivity contribution in [3.63, 3.8) is 0 Å². The average molecular weight is 818 g/mol. The third kappa shape index (κ3) is 7.73. The van der Waals surface area contributed by atoms with Crippen molar-refractivity contribution in [2.24, 2.45) is 5.73 Å². The number of nitrogens with zero attached hydrogens (tertiary/aromatic N) is 2. The van der Waals surface area contributed by atoms with Gasteiger partial charge in [-0.2, -0.15) is 11.6 Å². The van der Waals surface area contributed by atoms with Gasteiger partial charge in [0.05, 0.1) is 24.4 Å². The number of hydrogen-bond donors (Lipinski definition) is 4. The lowest BCUT2D eigenvalue weighted by Crippen LogP contribution is -2.53. The highest BCUT2D eigenvalue weighted by atomic mass is 33.2. The highest BCUT2D eigenvalue weighted by molar-refractivity contribution is 8.94. The molecule has 4 aromatic carbocycles. The minimum atomic E-state index is -0.796. The number of rotatable bonds is 4. The second-order valence-corrected chi connectivity index (χ2v) is 19.3. The monoisotopic (exact) mass is 817 g/mol. The van der Waals surface area contributed by atoms with Crippen molar-refractivity contribution in [3.05, 3.63) is 114 Å². The van der Waals surface area contributed by atoms with E-state index in [1.807, 2.05) is 0 Å². The Balaban J connectivity index is 0.00000252. The van der Waals surface area contributed by atoms with Gasteiger partial charge in [-0.05, 0) is 78.6 Å². The molecule has 1 saturated heterocycles. The summed E-state index contributed by atoms with van der Waals surface area (Å²) >= 11 is 0. The van der Waals surface area contributed by atoms with E-state index in [4.69, 9.17) is 11.5 Å². The molecule has 0 bridgehead atoms. The van der Waals surface area contributed by atoms with E-state index >= 15 is 0 Å². The number of carbonyl (C=O) groups is 3. The zero-order chi connectivity index (χ0) is 41.2. The molecule has 12 heteroatoms. The van der Waals surface area contributed by atoms with E-state index in [1.165, 1.54) is 61.3 Å². The van der Waals surface area contributed by atoms with E-state index < -0.39 is 10.1 Å². The Morgan fingerprint density at radius 2 is 1.50 bits per heavy atom. The van der Waals surface area contributed by atoms with Gasteiger partial charge in [0.1, 0.15) is 0 Å². The molecule has 0 radical (unpaired) electrons. The molecule has 0 aliphatic carbocycles. The number of fused-ring (bicyclic) bond motifs is 9. The molecule has 6 N–H and O–H groups in total. The number of unbranched alkanes of at least 4 members (excludes halogenated alkanes) is 1. The van der Waals surface area contributed by atoms with Crippen molar-refractivity contribution in [1.29, 1.82) is 0 Å². The Hall–Kier alpha value is -4.46. The molecular formula is C46H55N7O3S2. The number of carbonyl (C=O) groups excluding carboxylic acids is 3. The minimum absolute atomic E-state index is 0.0327. The summed E-state index contributed by atoms with van der Waals surface area (Å²) in [5.74, 6) is -0.332. The van der Waals surface area contributed by atoms with Gasteiger partial charge in [-0.1, -0.05) is 103 Å². The van der Waals surface area contributed by atoms with Gasteiger partial charge in [-0.15, -0.1) is 0 Å². The van der Waals surface area contributed by atoms with E-state index in [0.717, 1.165) is 35.6 Å². The molecular weight excluding hydrogens is 763 g/mol. The smallest absolute Gasteiger partial charge is 0.235 e. The van der Waals surface area contributed by atoms with Crippen LogP contribution in [0.25, 0.3) is 27.3 Å². The molecule has 2 amide bonds. The predicted octanol–water partition coefficient (Wildman–Crippen LogP) is 7.96. The Morgan fingerprint density at radius 3 is 2.19 bits per heavy atom. The molecule has 4 aliphatic heterocycles. The second-order valence-electron chi connectivity index (χ2n) is 16.3. The van der Waals surface area contributed by atoms with Gasteiger partial charge in [-0.3, -0.25) is 19.8 Å². The summed E-state index contributed by atoms with van der Waals surface area (Å²) in [6.07, 6.45) is 9.09. The summed E-state index contributed by atoms with van der Waals surface area (Å²) < 4.78 is 1.51. The summed E-state index contributed by atoms with van der Waals surface area (Å²) in [5.41, 5.74) is 23.7. The summed E-state index contributed by atoms with van der Waals surface area (Å²) in [5, 5.41) is 7.86. The second kappa shape index (κ2) is 17.0. The third-order valence-corrected chi connectivity index (χ3v) is 14.9. The van der Waals surface area contributed by atoms with Crippen LogP contribution in [0.1, 0.15) is 70.9 Å². The molecule has 4 heterocycles. The van der Waals surface area contributed by atoms with Crippen molar-refractivity contribution in [1.82, 2.24) is 16.2 Å². The largest absolute Gasteiger partial charge is 0.680 e. The number of allylic oxidation sites excluding steroid dienone is 4. The maximum absolute atomic E-state index is 14.1. The van der Waals surface area contributed by atoms with E-state index in [-0.39, 0.29) is 47.8 Å². The van der Waals surface area contributed by atoms with Crippen LogP contribution in [0.3, 0.4) is 0 Å². The lowest BCUT2D eigenvalue weighted by atomic mass is 9.79. The Morgan fingerprint density at radius 1 is 0.828 bits per heavy atom. The van der Waals surface area contributed by atoms with Crippen LogP contribution in [0.5, 0.6) is 0 Å². The lowest BCUT2D eigenvalue weighted by Gasteiger charge is -2.27. The Kier molecular flexibility index (Phi) is 12.2. The molecule has 1 atom stereocenters. The number of hydrogen-bond acceptors (Lipinski definition) is 8. The first-order valence-electron chi connectivity index (χ1n) is 20.2. The summed E-state index contributed by atoms with van der Waals surface area (Å²) in [6.45, 7) is 10.8. The van der Waals surface area contributed by atoms with Crippen LogP contribution in [0.2, 0.25) is 0 Å². The van der Waals surface area contributed by atoms with Crippen LogP contribution in [0.4, 0.5) is 11.4 Å². The molecule has 0 aromatic heterocycles. The maximum Gasteiger partial charge on any atom is 0.235 e.